The van der Waals surface area contributed by atoms with Crippen molar-refractivity contribution in [2.45, 2.75) is 26.3 Å². The Balaban J connectivity index is 1.77. The second kappa shape index (κ2) is 9.62. The second-order valence-electron chi connectivity index (χ2n) is 5.94. The molecule has 0 radical (unpaired) electrons. The van der Waals surface area contributed by atoms with Crippen LogP contribution in [0.25, 0.3) is 0 Å². The maximum Gasteiger partial charge on any atom is 0.306 e. The summed E-state index contributed by atoms with van der Waals surface area (Å²) in [4.78, 5) is 38.6. The Hall–Kier alpha value is -2.25. The van der Waals surface area contributed by atoms with Gasteiger partial charge in [0.05, 0.1) is 11.3 Å². The molecule has 27 heavy (non-hydrogen) atoms. The summed E-state index contributed by atoms with van der Waals surface area (Å²) in [6.45, 7) is 1.37. The van der Waals surface area contributed by atoms with Gasteiger partial charge in [0.2, 0.25) is 0 Å². The number of rotatable bonds is 8. The smallest absolute Gasteiger partial charge is 0.306 e. The summed E-state index contributed by atoms with van der Waals surface area (Å²) in [6.07, 6.45) is -0.0838. The van der Waals surface area contributed by atoms with E-state index in [1.165, 1.54) is 41.5 Å². The molecule has 1 amide bonds. The molecule has 1 aromatic heterocycles. The fraction of sp³-hybridized carbons (Fsp3) is 0.316. The largest absolute Gasteiger partial charge is 0.456 e. The number of carbonyl (C=O) groups excluding carboxylic acids is 3. The number of amides is 1. The number of benzene rings is 1. The quantitative estimate of drug-likeness (QED) is 0.486. The molecule has 0 fully saturated rings. The molecular formula is C19H19ClFNO4S. The molecule has 2 aromatic rings. The van der Waals surface area contributed by atoms with Gasteiger partial charge in [0.25, 0.3) is 5.91 Å². The van der Waals surface area contributed by atoms with Crippen LogP contribution in [0.4, 0.5) is 4.39 Å². The second-order valence-corrected chi connectivity index (χ2v) is 7.64. The number of ketones is 1. The Bertz CT molecular complexity index is 832. The summed E-state index contributed by atoms with van der Waals surface area (Å²) in [5, 5.41) is 0.217. The minimum atomic E-state index is -0.637. The van der Waals surface area contributed by atoms with Crippen molar-refractivity contribution in [1.82, 2.24) is 4.90 Å². The third-order valence-electron chi connectivity index (χ3n) is 3.81. The first kappa shape index (κ1) is 21.1. The van der Waals surface area contributed by atoms with Gasteiger partial charge < -0.3 is 9.64 Å². The first-order valence-electron chi connectivity index (χ1n) is 8.20. The van der Waals surface area contributed by atoms with E-state index in [9.17, 15) is 18.8 Å². The lowest BCUT2D eigenvalue weighted by molar-refractivity contribution is -0.151. The number of likely N-dealkylation sites (N-methyl/N-ethyl adjacent to an activating group) is 1. The Morgan fingerprint density at radius 2 is 1.93 bits per heavy atom. The van der Waals surface area contributed by atoms with Gasteiger partial charge in [0, 0.05) is 35.5 Å². The lowest BCUT2D eigenvalue weighted by Gasteiger charge is -2.18. The Kier molecular flexibility index (Phi) is 7.50. The first-order valence-corrected chi connectivity index (χ1v) is 9.39. The van der Waals surface area contributed by atoms with Crippen LogP contribution in [0.2, 0.25) is 5.02 Å². The molecule has 0 spiro atoms. The molecule has 0 saturated heterocycles. The van der Waals surface area contributed by atoms with Crippen LogP contribution in [0.1, 0.15) is 33.0 Å². The van der Waals surface area contributed by atoms with Crippen LogP contribution < -0.4 is 0 Å². The number of aryl methyl sites for hydroxylation is 1. The molecule has 5 nitrogen and oxygen atoms in total. The molecule has 0 N–H and O–H groups in total. The van der Waals surface area contributed by atoms with Crippen LogP contribution in [0.5, 0.6) is 0 Å². The van der Waals surface area contributed by atoms with Crippen LogP contribution in [0.15, 0.2) is 30.3 Å². The number of hydrogen-bond acceptors (Lipinski definition) is 5. The number of halogens is 2. The molecule has 0 atom stereocenters. The van der Waals surface area contributed by atoms with E-state index >= 15 is 0 Å². The standard InChI is InChI=1S/C19H19ClFNO4S/c1-12-6-8-17(27-12)16(23)7-9-19(25)26-11-18(24)22(2)10-13-14(20)4-3-5-15(13)21/h3-6,8H,7,9-11H2,1-2H3. The molecular weight excluding hydrogens is 393 g/mol. The molecule has 0 aliphatic carbocycles. The summed E-state index contributed by atoms with van der Waals surface area (Å²) in [6, 6.07) is 7.83. The average molecular weight is 412 g/mol. The van der Waals surface area contributed by atoms with Crippen LogP contribution in [0, 0.1) is 12.7 Å². The summed E-state index contributed by atoms with van der Waals surface area (Å²) >= 11 is 7.30. The molecule has 0 unspecified atom stereocenters. The zero-order valence-electron chi connectivity index (χ0n) is 15.0. The van der Waals surface area contributed by atoms with Gasteiger partial charge in [-0.15, -0.1) is 11.3 Å². The van der Waals surface area contributed by atoms with Gasteiger partial charge in [0.1, 0.15) is 5.82 Å². The molecule has 8 heteroatoms. The minimum absolute atomic E-state index is 0.0215. The highest BCUT2D eigenvalue weighted by Crippen LogP contribution is 2.20. The van der Waals surface area contributed by atoms with Crippen LogP contribution in [0.3, 0.4) is 0 Å². The van der Waals surface area contributed by atoms with Crippen molar-refractivity contribution in [3.8, 4) is 0 Å². The van der Waals surface area contributed by atoms with Crippen molar-refractivity contribution in [2.75, 3.05) is 13.7 Å². The molecule has 1 heterocycles. The Morgan fingerprint density at radius 3 is 2.56 bits per heavy atom. The highest BCUT2D eigenvalue weighted by atomic mass is 35.5. The van der Waals surface area contributed by atoms with Gasteiger partial charge in [0.15, 0.2) is 12.4 Å². The number of carbonyl (C=O) groups is 3. The molecule has 1 aromatic carbocycles. The molecule has 2 rings (SSSR count). The van der Waals surface area contributed by atoms with E-state index in [-0.39, 0.29) is 35.8 Å². The van der Waals surface area contributed by atoms with Gasteiger partial charge in [-0.2, -0.15) is 0 Å². The third-order valence-corrected chi connectivity index (χ3v) is 5.21. The van der Waals surface area contributed by atoms with Crippen molar-refractivity contribution in [2.24, 2.45) is 0 Å². The molecule has 0 aliphatic heterocycles. The highest BCUT2D eigenvalue weighted by molar-refractivity contribution is 7.14. The van der Waals surface area contributed by atoms with Crippen molar-refractivity contribution >= 4 is 40.6 Å². The predicted molar refractivity (Wildman–Crippen MR) is 101 cm³/mol. The number of Topliss-reactive ketones (excluding diaryl/α,β-unsaturated/α-hetero) is 1. The zero-order valence-corrected chi connectivity index (χ0v) is 16.5. The lowest BCUT2D eigenvalue weighted by atomic mass is 10.2. The van der Waals surface area contributed by atoms with Crippen molar-refractivity contribution in [3.05, 3.63) is 56.5 Å². The minimum Gasteiger partial charge on any atom is -0.456 e. The van der Waals surface area contributed by atoms with E-state index in [1.807, 2.05) is 13.0 Å². The van der Waals surface area contributed by atoms with Crippen LogP contribution in [-0.4, -0.2) is 36.2 Å². The average Bonchev–Trinajstić information content (AvgIpc) is 3.07. The lowest BCUT2D eigenvalue weighted by Crippen LogP contribution is -2.31. The molecule has 0 aliphatic rings. The van der Waals surface area contributed by atoms with Crippen molar-refractivity contribution in [3.63, 3.8) is 0 Å². The molecule has 0 saturated carbocycles. The van der Waals surface area contributed by atoms with Gasteiger partial charge in [-0.25, -0.2) is 4.39 Å². The summed E-state index contributed by atoms with van der Waals surface area (Å²) < 4.78 is 18.7. The van der Waals surface area contributed by atoms with Crippen molar-refractivity contribution < 1.29 is 23.5 Å². The SMILES string of the molecule is Cc1ccc(C(=O)CCC(=O)OCC(=O)N(C)Cc2c(F)cccc2Cl)s1. The van der Waals surface area contributed by atoms with Crippen LogP contribution in [-0.2, 0) is 20.9 Å². The number of nitrogens with zero attached hydrogens (tertiary/aromatic N) is 1. The number of thiophene rings is 1. The highest BCUT2D eigenvalue weighted by Gasteiger charge is 2.17. The fourth-order valence-corrected chi connectivity index (χ4v) is 3.31. The first-order chi connectivity index (χ1) is 12.8. The number of ether oxygens (including phenoxy) is 1. The van der Waals surface area contributed by atoms with E-state index in [1.54, 1.807) is 6.07 Å². The normalized spacial score (nSPS) is 10.5. The van der Waals surface area contributed by atoms with Gasteiger partial charge >= 0.3 is 5.97 Å². The maximum atomic E-state index is 13.8. The number of esters is 1. The monoisotopic (exact) mass is 411 g/mol. The van der Waals surface area contributed by atoms with Crippen molar-refractivity contribution in [1.29, 1.82) is 0 Å². The van der Waals surface area contributed by atoms with Gasteiger partial charge in [-0.1, -0.05) is 17.7 Å². The topological polar surface area (TPSA) is 63.7 Å². The van der Waals surface area contributed by atoms with E-state index in [4.69, 9.17) is 16.3 Å². The van der Waals surface area contributed by atoms with Gasteiger partial charge in [-0.3, -0.25) is 14.4 Å². The fourth-order valence-electron chi connectivity index (χ4n) is 2.26. The van der Waals surface area contributed by atoms with E-state index in [2.05, 4.69) is 0 Å². The molecule has 144 valence electrons. The molecule has 0 bridgehead atoms. The van der Waals surface area contributed by atoms with E-state index in [0.717, 1.165) is 4.88 Å². The predicted octanol–water partition coefficient (Wildman–Crippen LogP) is 4.01. The van der Waals surface area contributed by atoms with E-state index < -0.39 is 24.3 Å². The Labute approximate surface area is 165 Å². The summed E-state index contributed by atoms with van der Waals surface area (Å²) in [5.41, 5.74) is 0.193. The van der Waals surface area contributed by atoms with Crippen LogP contribution >= 0.6 is 22.9 Å². The Morgan fingerprint density at radius 1 is 1.19 bits per heavy atom. The zero-order chi connectivity index (χ0) is 20.0. The maximum absolute atomic E-state index is 13.8. The summed E-state index contributed by atoms with van der Waals surface area (Å²) in [7, 11) is 1.46. The van der Waals surface area contributed by atoms with Gasteiger partial charge in [-0.05, 0) is 31.2 Å². The van der Waals surface area contributed by atoms with E-state index in [0.29, 0.717) is 4.88 Å². The number of hydrogen-bond donors (Lipinski definition) is 0. The summed E-state index contributed by atoms with van der Waals surface area (Å²) in [5.74, 6) is -1.78. The third kappa shape index (κ3) is 6.15.